The van der Waals surface area contributed by atoms with Crippen molar-refractivity contribution in [2.45, 2.75) is 6.92 Å². The predicted molar refractivity (Wildman–Crippen MR) is 65.9 cm³/mol. The van der Waals surface area contributed by atoms with Crippen molar-refractivity contribution in [1.82, 2.24) is 9.97 Å². The Bertz CT molecular complexity index is 559. The number of aromatic nitrogens is 2. The fourth-order valence-corrected chi connectivity index (χ4v) is 1.48. The highest BCUT2D eigenvalue weighted by atomic mass is 35.5. The molecule has 0 unspecified atom stereocenters. The first-order chi connectivity index (χ1) is 8.08. The monoisotopic (exact) mass is 252 g/mol. The van der Waals surface area contributed by atoms with Crippen LogP contribution in [0.5, 0.6) is 0 Å². The lowest BCUT2D eigenvalue weighted by Crippen LogP contribution is -2.03. The van der Waals surface area contributed by atoms with Crippen LogP contribution < -0.4 is 11.1 Å². The molecule has 1 aromatic carbocycles. The Balaban J connectivity index is 2.38. The second-order valence-electron chi connectivity index (χ2n) is 3.48. The van der Waals surface area contributed by atoms with E-state index in [0.29, 0.717) is 22.2 Å². The molecule has 0 fully saturated rings. The van der Waals surface area contributed by atoms with E-state index in [9.17, 15) is 4.39 Å². The molecule has 0 atom stereocenters. The molecule has 17 heavy (non-hydrogen) atoms. The van der Waals surface area contributed by atoms with Gasteiger partial charge < -0.3 is 11.1 Å². The SMILES string of the molecule is Cc1c(N)ncnc1Nc1cc(Cl)ccc1F. The molecule has 1 aromatic heterocycles. The number of halogens is 2. The lowest BCUT2D eigenvalue weighted by Gasteiger charge is -2.10. The van der Waals surface area contributed by atoms with Crippen molar-refractivity contribution < 1.29 is 4.39 Å². The Labute approximate surface area is 103 Å². The zero-order valence-corrected chi connectivity index (χ0v) is 9.79. The smallest absolute Gasteiger partial charge is 0.146 e. The number of benzene rings is 1. The first-order valence-electron chi connectivity index (χ1n) is 4.87. The summed E-state index contributed by atoms with van der Waals surface area (Å²) in [6.07, 6.45) is 1.31. The normalized spacial score (nSPS) is 10.3. The number of anilines is 3. The maximum absolute atomic E-state index is 13.5. The summed E-state index contributed by atoms with van der Waals surface area (Å²) >= 11 is 5.79. The van der Waals surface area contributed by atoms with E-state index in [-0.39, 0.29) is 5.69 Å². The molecule has 0 aliphatic rings. The molecule has 0 saturated carbocycles. The van der Waals surface area contributed by atoms with E-state index in [2.05, 4.69) is 15.3 Å². The lowest BCUT2D eigenvalue weighted by atomic mass is 10.2. The molecule has 4 nitrogen and oxygen atoms in total. The molecule has 1 heterocycles. The van der Waals surface area contributed by atoms with Crippen LogP contribution in [0.25, 0.3) is 0 Å². The number of nitrogen functional groups attached to an aromatic ring is 1. The van der Waals surface area contributed by atoms with E-state index < -0.39 is 5.82 Å². The number of nitrogens with two attached hydrogens (primary N) is 1. The van der Waals surface area contributed by atoms with Gasteiger partial charge in [0.1, 0.15) is 23.8 Å². The third-order valence-corrected chi connectivity index (χ3v) is 2.54. The van der Waals surface area contributed by atoms with Gasteiger partial charge in [0.25, 0.3) is 0 Å². The second kappa shape index (κ2) is 4.55. The molecule has 0 radical (unpaired) electrons. The molecule has 0 aliphatic carbocycles. The zero-order valence-electron chi connectivity index (χ0n) is 9.04. The van der Waals surface area contributed by atoms with Crippen molar-refractivity contribution in [1.29, 1.82) is 0 Å². The molecule has 0 bridgehead atoms. The third-order valence-electron chi connectivity index (χ3n) is 2.30. The number of hydrogen-bond donors (Lipinski definition) is 2. The molecule has 2 aromatic rings. The van der Waals surface area contributed by atoms with Crippen LogP contribution in [0.4, 0.5) is 21.7 Å². The summed E-state index contributed by atoms with van der Waals surface area (Å²) in [6.45, 7) is 1.75. The Morgan fingerprint density at radius 1 is 1.35 bits per heavy atom. The Morgan fingerprint density at radius 2 is 2.12 bits per heavy atom. The van der Waals surface area contributed by atoms with Crippen LogP contribution >= 0.6 is 11.6 Å². The molecular weight excluding hydrogens is 243 g/mol. The number of rotatable bonds is 2. The summed E-state index contributed by atoms with van der Waals surface area (Å²) in [4.78, 5) is 7.82. The van der Waals surface area contributed by atoms with E-state index in [1.165, 1.54) is 24.5 Å². The van der Waals surface area contributed by atoms with Crippen molar-refractivity contribution in [3.63, 3.8) is 0 Å². The van der Waals surface area contributed by atoms with E-state index >= 15 is 0 Å². The second-order valence-corrected chi connectivity index (χ2v) is 3.92. The van der Waals surface area contributed by atoms with E-state index in [4.69, 9.17) is 17.3 Å². The molecule has 6 heteroatoms. The minimum atomic E-state index is -0.411. The van der Waals surface area contributed by atoms with Gasteiger partial charge in [0.2, 0.25) is 0 Å². The first kappa shape index (κ1) is 11.6. The van der Waals surface area contributed by atoms with Crippen molar-refractivity contribution in [2.24, 2.45) is 0 Å². The Morgan fingerprint density at radius 3 is 2.88 bits per heavy atom. The molecular formula is C11H10ClFN4. The summed E-state index contributed by atoms with van der Waals surface area (Å²) in [7, 11) is 0. The molecule has 0 saturated heterocycles. The van der Waals surface area contributed by atoms with Gasteiger partial charge in [-0.25, -0.2) is 14.4 Å². The minimum absolute atomic E-state index is 0.249. The topological polar surface area (TPSA) is 63.8 Å². The minimum Gasteiger partial charge on any atom is -0.383 e. The van der Waals surface area contributed by atoms with Gasteiger partial charge in [-0.05, 0) is 25.1 Å². The highest BCUT2D eigenvalue weighted by molar-refractivity contribution is 6.30. The average Bonchev–Trinajstić information content (AvgIpc) is 2.30. The van der Waals surface area contributed by atoms with E-state index in [1.807, 2.05) is 0 Å². The maximum Gasteiger partial charge on any atom is 0.146 e. The van der Waals surface area contributed by atoms with Gasteiger partial charge >= 0.3 is 0 Å². The van der Waals surface area contributed by atoms with Gasteiger partial charge in [-0.3, -0.25) is 0 Å². The first-order valence-corrected chi connectivity index (χ1v) is 5.25. The average molecular weight is 253 g/mol. The summed E-state index contributed by atoms with van der Waals surface area (Å²) in [6, 6.07) is 4.24. The van der Waals surface area contributed by atoms with Gasteiger partial charge in [-0.15, -0.1) is 0 Å². The summed E-state index contributed by atoms with van der Waals surface area (Å²) in [5, 5.41) is 3.27. The highest BCUT2D eigenvalue weighted by Crippen LogP contribution is 2.25. The molecule has 2 rings (SSSR count). The van der Waals surface area contributed by atoms with Crippen LogP contribution in [0.3, 0.4) is 0 Å². The maximum atomic E-state index is 13.5. The third kappa shape index (κ3) is 2.45. The zero-order chi connectivity index (χ0) is 12.4. The number of nitrogens with one attached hydrogen (secondary N) is 1. The predicted octanol–water partition coefficient (Wildman–Crippen LogP) is 2.90. The van der Waals surface area contributed by atoms with Crippen LogP contribution in [0, 0.1) is 12.7 Å². The van der Waals surface area contributed by atoms with Crippen LogP contribution in [-0.2, 0) is 0 Å². The highest BCUT2D eigenvalue weighted by Gasteiger charge is 2.08. The van der Waals surface area contributed by atoms with Crippen LogP contribution in [0.2, 0.25) is 5.02 Å². The van der Waals surface area contributed by atoms with Crippen LogP contribution in [-0.4, -0.2) is 9.97 Å². The Kier molecular flexibility index (Phi) is 3.10. The molecule has 88 valence electrons. The van der Waals surface area contributed by atoms with Crippen molar-refractivity contribution in [3.05, 3.63) is 40.9 Å². The molecule has 0 aliphatic heterocycles. The fraction of sp³-hybridized carbons (Fsp3) is 0.0909. The van der Waals surface area contributed by atoms with Gasteiger partial charge in [-0.1, -0.05) is 11.6 Å². The summed E-state index contributed by atoms with van der Waals surface area (Å²) in [5.74, 6) is 0.398. The van der Waals surface area contributed by atoms with Crippen molar-refractivity contribution >= 4 is 28.9 Å². The van der Waals surface area contributed by atoms with Gasteiger partial charge in [-0.2, -0.15) is 0 Å². The van der Waals surface area contributed by atoms with Crippen molar-refractivity contribution in [3.8, 4) is 0 Å². The van der Waals surface area contributed by atoms with Crippen molar-refractivity contribution in [2.75, 3.05) is 11.1 Å². The molecule has 3 N–H and O–H groups in total. The standard InChI is InChI=1S/C11H10ClFN4/c1-6-10(14)15-5-16-11(6)17-9-4-7(12)2-3-8(9)13/h2-5H,1H3,(H3,14,15,16,17). The van der Waals surface area contributed by atoms with Gasteiger partial charge in [0.15, 0.2) is 0 Å². The number of hydrogen-bond acceptors (Lipinski definition) is 4. The fourth-order valence-electron chi connectivity index (χ4n) is 1.31. The van der Waals surface area contributed by atoms with Gasteiger partial charge in [0, 0.05) is 10.6 Å². The molecule has 0 spiro atoms. The van der Waals surface area contributed by atoms with E-state index in [0.717, 1.165) is 0 Å². The van der Waals surface area contributed by atoms with E-state index in [1.54, 1.807) is 6.92 Å². The lowest BCUT2D eigenvalue weighted by molar-refractivity contribution is 0.632. The number of nitrogens with zero attached hydrogens (tertiary/aromatic N) is 2. The Hall–Kier alpha value is -1.88. The summed E-state index contributed by atoms with van der Waals surface area (Å²) in [5.41, 5.74) is 6.54. The quantitative estimate of drug-likeness (QED) is 0.863. The summed E-state index contributed by atoms with van der Waals surface area (Å²) < 4.78 is 13.5. The van der Waals surface area contributed by atoms with Crippen LogP contribution in [0.1, 0.15) is 5.56 Å². The van der Waals surface area contributed by atoms with Gasteiger partial charge in [0.05, 0.1) is 5.69 Å². The molecule has 0 amide bonds. The van der Waals surface area contributed by atoms with Crippen LogP contribution in [0.15, 0.2) is 24.5 Å². The largest absolute Gasteiger partial charge is 0.383 e.